The van der Waals surface area contributed by atoms with Crippen LogP contribution in [0.25, 0.3) is 5.70 Å². The van der Waals surface area contributed by atoms with Gasteiger partial charge in [-0.2, -0.15) is 0 Å². The number of nitrogens with one attached hydrogen (secondary N) is 1. The Labute approximate surface area is 145 Å². The molecule has 126 valence electrons. The SMILES string of the molecule is CCC1(C)Cc2ccccc2C(=CC(=O)N2CCCCC2)N1.[Cl-]. The van der Waals surface area contributed by atoms with Crippen molar-refractivity contribution in [1.82, 2.24) is 10.2 Å². The molecule has 23 heavy (non-hydrogen) atoms. The number of halogens is 1. The van der Waals surface area contributed by atoms with Gasteiger partial charge in [-0.1, -0.05) is 31.2 Å². The number of amides is 1. The minimum absolute atomic E-state index is 0. The second-order valence-electron chi connectivity index (χ2n) is 6.82. The highest BCUT2D eigenvalue weighted by atomic mass is 35.5. The Morgan fingerprint density at radius 1 is 1.26 bits per heavy atom. The highest BCUT2D eigenvalue weighted by Gasteiger charge is 2.30. The molecule has 3 nitrogen and oxygen atoms in total. The topological polar surface area (TPSA) is 32.3 Å². The minimum atomic E-state index is 0. The Hall–Kier alpha value is -1.48. The van der Waals surface area contributed by atoms with Gasteiger partial charge in [-0.25, -0.2) is 0 Å². The molecule has 1 aromatic carbocycles. The molecule has 2 aliphatic rings. The van der Waals surface area contributed by atoms with Crippen LogP contribution in [0.15, 0.2) is 30.3 Å². The summed E-state index contributed by atoms with van der Waals surface area (Å²) < 4.78 is 0. The Balaban J connectivity index is 0.00000192. The number of carbonyl (C=O) groups excluding carboxylic acids is 1. The van der Waals surface area contributed by atoms with Crippen LogP contribution in [0.3, 0.4) is 0 Å². The zero-order valence-electron chi connectivity index (χ0n) is 14.1. The van der Waals surface area contributed by atoms with Crippen molar-refractivity contribution in [3.8, 4) is 0 Å². The summed E-state index contributed by atoms with van der Waals surface area (Å²) in [5, 5.41) is 3.62. The first-order valence-corrected chi connectivity index (χ1v) is 8.48. The molecule has 1 saturated heterocycles. The van der Waals surface area contributed by atoms with E-state index in [9.17, 15) is 4.79 Å². The number of likely N-dealkylation sites (tertiary alicyclic amines) is 1. The minimum Gasteiger partial charge on any atom is -1.00 e. The maximum Gasteiger partial charge on any atom is 0.248 e. The molecule has 2 heterocycles. The first-order chi connectivity index (χ1) is 10.6. The predicted molar refractivity (Wildman–Crippen MR) is 90.4 cm³/mol. The van der Waals surface area contributed by atoms with Gasteiger partial charge in [0.15, 0.2) is 0 Å². The van der Waals surface area contributed by atoms with Crippen LogP contribution in [-0.4, -0.2) is 29.4 Å². The molecule has 3 rings (SSSR count). The smallest absolute Gasteiger partial charge is 0.248 e. The number of hydrogen-bond acceptors (Lipinski definition) is 2. The zero-order valence-corrected chi connectivity index (χ0v) is 14.8. The summed E-state index contributed by atoms with van der Waals surface area (Å²) in [6.45, 7) is 6.23. The van der Waals surface area contributed by atoms with Gasteiger partial charge in [0.25, 0.3) is 0 Å². The van der Waals surface area contributed by atoms with Gasteiger partial charge in [0.05, 0.1) is 0 Å². The van der Waals surface area contributed by atoms with E-state index in [0.29, 0.717) is 0 Å². The van der Waals surface area contributed by atoms with Crippen LogP contribution >= 0.6 is 0 Å². The molecule has 4 heteroatoms. The van der Waals surface area contributed by atoms with Crippen LogP contribution in [0.2, 0.25) is 0 Å². The predicted octanol–water partition coefficient (Wildman–Crippen LogP) is 0.358. The Kier molecular flexibility index (Phi) is 5.74. The number of rotatable bonds is 2. The lowest BCUT2D eigenvalue weighted by Crippen LogP contribution is -3.00. The standard InChI is InChI=1S/C19H26N2O.ClH/c1-3-19(2)14-15-9-5-6-10-16(15)17(20-19)13-18(22)21-11-7-4-8-12-21;/h5-6,9-10,13,20H,3-4,7-8,11-12,14H2,1-2H3;1H/p-1. The van der Waals surface area contributed by atoms with Crippen molar-refractivity contribution in [2.45, 2.75) is 51.5 Å². The number of carbonyl (C=O) groups is 1. The molecule has 0 bridgehead atoms. The van der Waals surface area contributed by atoms with Gasteiger partial charge in [-0.05, 0) is 44.6 Å². The second-order valence-corrected chi connectivity index (χ2v) is 6.82. The average Bonchev–Trinajstić information content (AvgIpc) is 2.55. The van der Waals surface area contributed by atoms with Gasteiger partial charge in [0.2, 0.25) is 5.91 Å². The molecule has 1 fully saturated rings. The summed E-state index contributed by atoms with van der Waals surface area (Å²) in [4.78, 5) is 14.6. The van der Waals surface area contributed by atoms with Gasteiger partial charge in [0.1, 0.15) is 0 Å². The highest BCUT2D eigenvalue weighted by molar-refractivity contribution is 5.95. The molecule has 0 aromatic heterocycles. The summed E-state index contributed by atoms with van der Waals surface area (Å²) in [6.07, 6.45) is 7.37. The fourth-order valence-corrected chi connectivity index (χ4v) is 3.45. The summed E-state index contributed by atoms with van der Waals surface area (Å²) in [5.41, 5.74) is 3.53. The Bertz CT molecular complexity index is 593. The van der Waals surface area contributed by atoms with Crippen LogP contribution in [0.4, 0.5) is 0 Å². The van der Waals surface area contributed by atoms with Crippen LogP contribution in [0.5, 0.6) is 0 Å². The Morgan fingerprint density at radius 3 is 2.65 bits per heavy atom. The van der Waals surface area contributed by atoms with Crippen molar-refractivity contribution >= 4 is 11.6 Å². The molecular weight excluding hydrogens is 308 g/mol. The highest BCUT2D eigenvalue weighted by Crippen LogP contribution is 2.31. The van der Waals surface area contributed by atoms with Crippen molar-refractivity contribution in [3.05, 3.63) is 41.5 Å². The molecule has 0 spiro atoms. The monoisotopic (exact) mass is 333 g/mol. The van der Waals surface area contributed by atoms with E-state index in [4.69, 9.17) is 0 Å². The molecule has 0 radical (unpaired) electrons. The third-order valence-electron chi connectivity index (χ3n) is 5.04. The molecule has 1 atom stereocenters. The summed E-state index contributed by atoms with van der Waals surface area (Å²) >= 11 is 0. The largest absolute Gasteiger partial charge is 1.00 e. The van der Waals surface area contributed by atoms with Crippen molar-refractivity contribution in [3.63, 3.8) is 0 Å². The van der Waals surface area contributed by atoms with Crippen molar-refractivity contribution in [1.29, 1.82) is 0 Å². The first-order valence-electron chi connectivity index (χ1n) is 8.48. The van der Waals surface area contributed by atoms with E-state index < -0.39 is 0 Å². The number of nitrogens with zero attached hydrogens (tertiary/aromatic N) is 1. The number of benzene rings is 1. The van der Waals surface area contributed by atoms with Crippen LogP contribution in [0, 0.1) is 0 Å². The second kappa shape index (κ2) is 7.39. The molecule has 1 N–H and O–H groups in total. The molecule has 1 amide bonds. The van der Waals surface area contributed by atoms with Crippen LogP contribution < -0.4 is 17.7 Å². The van der Waals surface area contributed by atoms with Gasteiger partial charge in [-0.3, -0.25) is 4.79 Å². The third kappa shape index (κ3) is 3.89. The third-order valence-corrected chi connectivity index (χ3v) is 5.04. The summed E-state index contributed by atoms with van der Waals surface area (Å²) in [6, 6.07) is 8.44. The number of hydrogen-bond donors (Lipinski definition) is 1. The molecule has 0 saturated carbocycles. The summed E-state index contributed by atoms with van der Waals surface area (Å²) in [7, 11) is 0. The van der Waals surface area contributed by atoms with E-state index in [1.807, 2.05) is 17.0 Å². The lowest BCUT2D eigenvalue weighted by molar-refractivity contribution is -0.126. The fourth-order valence-electron chi connectivity index (χ4n) is 3.45. The Morgan fingerprint density at radius 2 is 1.96 bits per heavy atom. The zero-order chi connectivity index (χ0) is 15.6. The van der Waals surface area contributed by atoms with E-state index in [0.717, 1.165) is 44.5 Å². The van der Waals surface area contributed by atoms with E-state index in [1.165, 1.54) is 17.5 Å². The van der Waals surface area contributed by atoms with Crippen LogP contribution in [0.1, 0.15) is 50.7 Å². The lowest BCUT2D eigenvalue weighted by atomic mass is 9.83. The van der Waals surface area contributed by atoms with Crippen molar-refractivity contribution in [2.24, 2.45) is 0 Å². The maximum absolute atomic E-state index is 12.6. The fraction of sp³-hybridized carbons (Fsp3) is 0.526. The molecule has 2 aliphatic heterocycles. The maximum atomic E-state index is 12.6. The quantitative estimate of drug-likeness (QED) is 0.793. The summed E-state index contributed by atoms with van der Waals surface area (Å²) in [5.74, 6) is 0.150. The average molecular weight is 334 g/mol. The van der Waals surface area contributed by atoms with Gasteiger partial charge in [-0.15, -0.1) is 0 Å². The number of fused-ring (bicyclic) bond motifs is 1. The van der Waals surface area contributed by atoms with E-state index >= 15 is 0 Å². The van der Waals surface area contributed by atoms with E-state index in [1.54, 1.807) is 0 Å². The normalized spacial score (nSPS) is 25.3. The van der Waals surface area contributed by atoms with E-state index in [2.05, 4.69) is 37.4 Å². The van der Waals surface area contributed by atoms with Gasteiger partial charge >= 0.3 is 0 Å². The van der Waals surface area contributed by atoms with Crippen LogP contribution in [-0.2, 0) is 11.2 Å². The molecule has 1 unspecified atom stereocenters. The number of piperidine rings is 1. The molecule has 1 aromatic rings. The first kappa shape index (κ1) is 17.9. The molecule has 0 aliphatic carbocycles. The lowest BCUT2D eigenvalue weighted by Gasteiger charge is -2.38. The van der Waals surface area contributed by atoms with Gasteiger partial charge < -0.3 is 22.6 Å². The van der Waals surface area contributed by atoms with Gasteiger partial charge in [0, 0.05) is 36.0 Å². The van der Waals surface area contributed by atoms with E-state index in [-0.39, 0.29) is 23.9 Å². The van der Waals surface area contributed by atoms with Crippen molar-refractivity contribution < 1.29 is 17.2 Å². The molecular formula is C19H26ClN2O-. The van der Waals surface area contributed by atoms with Crippen molar-refractivity contribution in [2.75, 3.05) is 13.1 Å².